The van der Waals surface area contributed by atoms with Gasteiger partial charge < -0.3 is 14.4 Å². The topological polar surface area (TPSA) is 21.7 Å². The van der Waals surface area contributed by atoms with Crippen LogP contribution in [0.25, 0.3) is 53.6 Å². The van der Waals surface area contributed by atoms with E-state index >= 15 is 0 Å². The van der Waals surface area contributed by atoms with Gasteiger partial charge in [0.05, 0.1) is 5.41 Å². The number of allylic oxidation sites excluding steroid dienone is 3. The Hall–Kier alpha value is -7.92. The molecule has 10 aromatic rings. The molecule has 0 amide bonds. The van der Waals surface area contributed by atoms with Crippen LogP contribution in [0, 0.1) is 0 Å². The van der Waals surface area contributed by atoms with E-state index in [1.165, 1.54) is 81.4 Å². The Morgan fingerprint density at radius 1 is 0.446 bits per heavy atom. The average Bonchev–Trinajstić information content (AvgIpc) is 3.99. The third-order valence-electron chi connectivity index (χ3n) is 14.1. The summed E-state index contributed by atoms with van der Waals surface area (Å²) in [6, 6.07) is 75.3. The minimum atomic E-state index is -0.444. The molecular formula is C61H39NO2S. The first kappa shape index (κ1) is 36.6. The predicted molar refractivity (Wildman–Crippen MR) is 267 cm³/mol. The molecule has 4 aliphatic rings. The molecule has 1 spiro atoms. The predicted octanol–water partition coefficient (Wildman–Crippen LogP) is 16.3. The van der Waals surface area contributed by atoms with Crippen molar-refractivity contribution in [3.8, 4) is 44.9 Å². The highest BCUT2D eigenvalue weighted by atomic mass is 32.1. The molecule has 0 radical (unpaired) electrons. The van der Waals surface area contributed by atoms with Crippen LogP contribution in [-0.2, 0) is 5.41 Å². The lowest BCUT2D eigenvalue weighted by atomic mass is 9.70. The normalized spacial score (nSPS) is 15.7. The molecule has 1 aliphatic heterocycles. The van der Waals surface area contributed by atoms with Gasteiger partial charge in [-0.3, -0.25) is 0 Å². The van der Waals surface area contributed by atoms with Gasteiger partial charge in [-0.05, 0) is 134 Å². The summed E-state index contributed by atoms with van der Waals surface area (Å²) >= 11 is 1.86. The van der Waals surface area contributed by atoms with Gasteiger partial charge >= 0.3 is 0 Å². The minimum absolute atomic E-state index is 0.0977. The lowest BCUT2D eigenvalue weighted by molar-refractivity contribution is 0.285. The number of ether oxygens (including phenoxy) is 2. The highest BCUT2D eigenvalue weighted by Gasteiger charge is 2.52. The van der Waals surface area contributed by atoms with Crippen LogP contribution in [-0.4, -0.2) is 0 Å². The Morgan fingerprint density at radius 3 is 1.83 bits per heavy atom. The van der Waals surface area contributed by atoms with Crippen molar-refractivity contribution in [1.82, 2.24) is 0 Å². The second kappa shape index (κ2) is 14.0. The van der Waals surface area contributed by atoms with E-state index in [-0.39, 0.29) is 5.92 Å². The molecule has 65 heavy (non-hydrogen) atoms. The third-order valence-corrected chi connectivity index (χ3v) is 15.2. The van der Waals surface area contributed by atoms with Crippen LogP contribution in [0.15, 0.2) is 230 Å². The van der Waals surface area contributed by atoms with Crippen molar-refractivity contribution in [2.24, 2.45) is 0 Å². The number of para-hydroxylation sites is 1. The summed E-state index contributed by atoms with van der Waals surface area (Å²) in [5.41, 5.74) is 16.7. The van der Waals surface area contributed by atoms with Crippen molar-refractivity contribution >= 4 is 48.6 Å². The van der Waals surface area contributed by atoms with Crippen molar-refractivity contribution in [2.45, 2.75) is 17.8 Å². The van der Waals surface area contributed by atoms with Crippen LogP contribution >= 0.6 is 11.3 Å². The zero-order valence-corrected chi connectivity index (χ0v) is 36.1. The van der Waals surface area contributed by atoms with E-state index in [1.54, 1.807) is 0 Å². The fourth-order valence-corrected chi connectivity index (χ4v) is 12.3. The minimum Gasteiger partial charge on any atom is -0.454 e. The Kier molecular flexibility index (Phi) is 7.90. The highest BCUT2D eigenvalue weighted by Crippen LogP contribution is 2.64. The zero-order valence-electron chi connectivity index (χ0n) is 35.2. The quantitative estimate of drug-likeness (QED) is 0.172. The standard InChI is InChI=1S/C61H39NO2S/c1-2-14-42(15-3-1)62(43-29-25-38(26-30-43)40-28-32-60-50(34-40)48-20-7-11-24-59(48)65-60)44-16-12-13-39(33-44)41-27-31-55-56(35-41)64-58-37-54-49(36-57(58)63-55)47-19-6-10-23-53(47)61(54)51-21-8-4-17-45(51)46-18-5-9-22-52(46)61/h1-34,36-37,41H,35H2. The number of anilines is 3. The van der Waals surface area contributed by atoms with E-state index in [9.17, 15) is 0 Å². The number of nitrogens with zero attached hydrogens (tertiary/aromatic N) is 1. The van der Waals surface area contributed by atoms with Gasteiger partial charge in [0, 0.05) is 49.6 Å². The molecule has 1 atom stereocenters. The summed E-state index contributed by atoms with van der Waals surface area (Å²) in [4.78, 5) is 2.35. The van der Waals surface area contributed by atoms with E-state index in [2.05, 4.69) is 223 Å². The van der Waals surface area contributed by atoms with E-state index in [0.29, 0.717) is 6.42 Å². The maximum atomic E-state index is 6.99. The first-order valence-electron chi connectivity index (χ1n) is 22.4. The molecule has 9 aromatic carbocycles. The lowest BCUT2D eigenvalue weighted by Crippen LogP contribution is -2.26. The van der Waals surface area contributed by atoms with Crippen LogP contribution in [0.4, 0.5) is 17.1 Å². The monoisotopic (exact) mass is 849 g/mol. The zero-order chi connectivity index (χ0) is 42.6. The van der Waals surface area contributed by atoms with Gasteiger partial charge in [-0.2, -0.15) is 0 Å². The highest BCUT2D eigenvalue weighted by molar-refractivity contribution is 7.25. The largest absolute Gasteiger partial charge is 0.454 e. The first-order valence-corrected chi connectivity index (χ1v) is 23.2. The molecule has 0 saturated heterocycles. The second-order valence-corrected chi connectivity index (χ2v) is 18.6. The maximum absolute atomic E-state index is 6.99. The molecule has 3 aliphatic carbocycles. The lowest BCUT2D eigenvalue weighted by Gasteiger charge is -2.32. The van der Waals surface area contributed by atoms with Crippen LogP contribution in [0.2, 0.25) is 0 Å². The Bertz CT molecular complexity index is 3610. The number of fused-ring (bicyclic) bond motifs is 14. The summed E-state index contributed by atoms with van der Waals surface area (Å²) in [6.45, 7) is 0. The van der Waals surface area contributed by atoms with Crippen LogP contribution in [0.3, 0.4) is 0 Å². The maximum Gasteiger partial charge on any atom is 0.170 e. The van der Waals surface area contributed by atoms with Gasteiger partial charge in [0.25, 0.3) is 0 Å². The fraction of sp³-hybridized carbons (Fsp3) is 0.0492. The van der Waals surface area contributed by atoms with Crippen molar-refractivity contribution in [1.29, 1.82) is 0 Å². The molecule has 306 valence electrons. The average molecular weight is 850 g/mol. The molecule has 1 unspecified atom stereocenters. The molecule has 3 nitrogen and oxygen atoms in total. The van der Waals surface area contributed by atoms with Gasteiger partial charge in [0.15, 0.2) is 17.3 Å². The molecule has 0 saturated carbocycles. The smallest absolute Gasteiger partial charge is 0.170 e. The van der Waals surface area contributed by atoms with Crippen LogP contribution in [0.1, 0.15) is 40.2 Å². The molecule has 4 heteroatoms. The molecule has 2 heterocycles. The molecule has 14 rings (SSSR count). The molecule has 0 bridgehead atoms. The molecule has 0 N–H and O–H groups in total. The van der Waals surface area contributed by atoms with Gasteiger partial charge in [-0.15, -0.1) is 11.3 Å². The van der Waals surface area contributed by atoms with Crippen molar-refractivity contribution < 1.29 is 9.47 Å². The number of thiophene rings is 1. The number of hydrogen-bond acceptors (Lipinski definition) is 4. The van der Waals surface area contributed by atoms with Crippen molar-refractivity contribution in [3.05, 3.63) is 258 Å². The molecular weight excluding hydrogens is 811 g/mol. The summed E-state index contributed by atoms with van der Waals surface area (Å²) in [5, 5.41) is 2.63. The molecule has 1 aromatic heterocycles. The summed E-state index contributed by atoms with van der Waals surface area (Å²) < 4.78 is 16.4. The fourth-order valence-electron chi connectivity index (χ4n) is 11.2. The summed E-state index contributed by atoms with van der Waals surface area (Å²) in [7, 11) is 0. The van der Waals surface area contributed by atoms with E-state index in [4.69, 9.17) is 9.47 Å². The van der Waals surface area contributed by atoms with E-state index in [1.807, 2.05) is 11.3 Å². The van der Waals surface area contributed by atoms with E-state index < -0.39 is 5.41 Å². The third kappa shape index (κ3) is 5.41. The Labute approximate surface area is 381 Å². The van der Waals surface area contributed by atoms with Crippen LogP contribution < -0.4 is 14.4 Å². The van der Waals surface area contributed by atoms with Gasteiger partial charge in [0.1, 0.15) is 5.76 Å². The number of hydrogen-bond donors (Lipinski definition) is 0. The van der Waals surface area contributed by atoms with Crippen LogP contribution in [0.5, 0.6) is 11.5 Å². The van der Waals surface area contributed by atoms with Gasteiger partial charge in [-0.25, -0.2) is 0 Å². The van der Waals surface area contributed by atoms with Gasteiger partial charge in [-0.1, -0.05) is 146 Å². The summed E-state index contributed by atoms with van der Waals surface area (Å²) in [5.74, 6) is 3.25. The Morgan fingerprint density at radius 2 is 1.06 bits per heavy atom. The van der Waals surface area contributed by atoms with Crippen molar-refractivity contribution in [2.75, 3.05) is 4.90 Å². The summed E-state index contributed by atoms with van der Waals surface area (Å²) in [6.07, 6.45) is 5.06. The SMILES string of the molecule is C1=CC(c2cccc(N(c3ccccc3)c3ccc(-c4ccc5sc6ccccc6c5c4)cc3)c2)CC2=C1Oc1cc3c(cc1O2)C1(c2ccccc2-c2ccccc21)c1ccccc1-3. The van der Waals surface area contributed by atoms with E-state index in [0.717, 1.165) is 40.1 Å². The number of rotatable bonds is 5. The Balaban J connectivity index is 0.788. The van der Waals surface area contributed by atoms with Gasteiger partial charge in [0.2, 0.25) is 0 Å². The first-order chi connectivity index (χ1) is 32.2. The number of benzene rings is 9. The second-order valence-electron chi connectivity index (χ2n) is 17.5. The van der Waals surface area contributed by atoms with Crippen molar-refractivity contribution in [3.63, 3.8) is 0 Å². The molecule has 0 fully saturated rings.